The molecule has 0 bridgehead atoms. The fourth-order valence-electron chi connectivity index (χ4n) is 1.94. The van der Waals surface area contributed by atoms with Gasteiger partial charge in [-0.3, -0.25) is 0 Å². The monoisotopic (exact) mass is 241 g/mol. The SMILES string of the molecule is COc1c(Cl)ncnc1N(C)CC1CCC1. The average molecular weight is 242 g/mol. The highest BCUT2D eigenvalue weighted by Crippen LogP contribution is 2.33. The summed E-state index contributed by atoms with van der Waals surface area (Å²) in [7, 11) is 3.60. The Bertz CT molecular complexity index is 368. The van der Waals surface area contributed by atoms with E-state index in [0.717, 1.165) is 18.3 Å². The van der Waals surface area contributed by atoms with E-state index in [-0.39, 0.29) is 0 Å². The van der Waals surface area contributed by atoms with Crippen molar-refractivity contribution in [2.45, 2.75) is 19.3 Å². The van der Waals surface area contributed by atoms with Gasteiger partial charge in [0.15, 0.2) is 16.7 Å². The van der Waals surface area contributed by atoms with E-state index < -0.39 is 0 Å². The fraction of sp³-hybridized carbons (Fsp3) is 0.636. The van der Waals surface area contributed by atoms with Gasteiger partial charge in [-0.1, -0.05) is 18.0 Å². The van der Waals surface area contributed by atoms with Gasteiger partial charge in [0.1, 0.15) is 6.33 Å². The highest BCUT2D eigenvalue weighted by molar-refractivity contribution is 6.31. The summed E-state index contributed by atoms with van der Waals surface area (Å²) < 4.78 is 5.23. The topological polar surface area (TPSA) is 38.3 Å². The van der Waals surface area contributed by atoms with E-state index in [1.165, 1.54) is 25.6 Å². The molecule has 0 spiro atoms. The van der Waals surface area contributed by atoms with E-state index in [2.05, 4.69) is 14.9 Å². The largest absolute Gasteiger partial charge is 0.490 e. The number of hydrogen-bond acceptors (Lipinski definition) is 4. The molecule has 1 aromatic heterocycles. The van der Waals surface area contributed by atoms with Gasteiger partial charge in [-0.2, -0.15) is 0 Å². The second kappa shape index (κ2) is 4.87. The lowest BCUT2D eigenvalue weighted by molar-refractivity contribution is 0.319. The molecule has 0 aromatic carbocycles. The summed E-state index contributed by atoms with van der Waals surface area (Å²) in [5.41, 5.74) is 0. The molecule has 0 amide bonds. The van der Waals surface area contributed by atoms with Crippen LogP contribution in [0.15, 0.2) is 6.33 Å². The zero-order chi connectivity index (χ0) is 11.5. The van der Waals surface area contributed by atoms with Gasteiger partial charge in [0.2, 0.25) is 0 Å². The Hall–Kier alpha value is -1.03. The summed E-state index contributed by atoms with van der Waals surface area (Å²) in [6.45, 7) is 1.00. The van der Waals surface area contributed by atoms with Crippen molar-refractivity contribution in [3.63, 3.8) is 0 Å². The lowest BCUT2D eigenvalue weighted by atomic mass is 9.85. The molecule has 1 saturated carbocycles. The molecule has 16 heavy (non-hydrogen) atoms. The maximum atomic E-state index is 5.96. The minimum atomic E-state index is 0.368. The van der Waals surface area contributed by atoms with Crippen LogP contribution in [0, 0.1) is 5.92 Å². The average Bonchev–Trinajstić information content (AvgIpc) is 2.22. The zero-order valence-electron chi connectivity index (χ0n) is 9.61. The predicted molar refractivity (Wildman–Crippen MR) is 64.2 cm³/mol. The van der Waals surface area contributed by atoms with E-state index in [9.17, 15) is 0 Å². The first-order chi connectivity index (χ1) is 7.72. The van der Waals surface area contributed by atoms with E-state index in [1.54, 1.807) is 7.11 Å². The van der Waals surface area contributed by atoms with Crippen molar-refractivity contribution >= 4 is 17.4 Å². The fourth-order valence-corrected chi connectivity index (χ4v) is 2.15. The van der Waals surface area contributed by atoms with Crippen LogP contribution in [0.3, 0.4) is 0 Å². The normalized spacial score (nSPS) is 15.7. The minimum absolute atomic E-state index is 0.368. The molecule has 4 nitrogen and oxygen atoms in total. The van der Waals surface area contributed by atoms with Gasteiger partial charge >= 0.3 is 0 Å². The van der Waals surface area contributed by atoms with Gasteiger partial charge in [0.05, 0.1) is 7.11 Å². The molecule has 1 aliphatic carbocycles. The summed E-state index contributed by atoms with van der Waals surface area (Å²) in [5, 5.41) is 0.368. The zero-order valence-corrected chi connectivity index (χ0v) is 10.4. The number of ether oxygens (including phenoxy) is 1. The van der Waals surface area contributed by atoms with Crippen molar-refractivity contribution in [2.75, 3.05) is 25.6 Å². The van der Waals surface area contributed by atoms with Crippen LogP contribution < -0.4 is 9.64 Å². The first-order valence-corrected chi connectivity index (χ1v) is 5.85. The van der Waals surface area contributed by atoms with Crippen molar-refractivity contribution in [1.82, 2.24) is 9.97 Å². The summed E-state index contributed by atoms with van der Waals surface area (Å²) >= 11 is 5.96. The van der Waals surface area contributed by atoms with Gasteiger partial charge in [-0.15, -0.1) is 0 Å². The first-order valence-electron chi connectivity index (χ1n) is 5.48. The number of hydrogen-bond donors (Lipinski definition) is 0. The molecule has 5 heteroatoms. The lowest BCUT2D eigenvalue weighted by Crippen LogP contribution is -2.30. The van der Waals surface area contributed by atoms with E-state index in [0.29, 0.717) is 10.9 Å². The molecule has 0 N–H and O–H groups in total. The molecule has 0 radical (unpaired) electrons. The van der Waals surface area contributed by atoms with Gasteiger partial charge in [0, 0.05) is 13.6 Å². The summed E-state index contributed by atoms with van der Waals surface area (Å²) in [4.78, 5) is 10.2. The first kappa shape index (κ1) is 11.5. The molecule has 88 valence electrons. The Morgan fingerprint density at radius 2 is 2.25 bits per heavy atom. The maximum Gasteiger partial charge on any atom is 0.199 e. The van der Waals surface area contributed by atoms with Crippen molar-refractivity contribution < 1.29 is 4.74 Å². The smallest absolute Gasteiger partial charge is 0.199 e. The highest BCUT2D eigenvalue weighted by Gasteiger charge is 2.22. The summed E-state index contributed by atoms with van der Waals surface area (Å²) in [6.07, 6.45) is 5.44. The molecule has 1 fully saturated rings. The van der Waals surface area contributed by atoms with E-state index >= 15 is 0 Å². The molecule has 0 unspecified atom stereocenters. The van der Waals surface area contributed by atoms with Crippen LogP contribution >= 0.6 is 11.6 Å². The van der Waals surface area contributed by atoms with E-state index in [4.69, 9.17) is 16.3 Å². The van der Waals surface area contributed by atoms with Crippen molar-refractivity contribution in [3.8, 4) is 5.75 Å². The van der Waals surface area contributed by atoms with Crippen LogP contribution in [0.2, 0.25) is 5.15 Å². The number of anilines is 1. The number of halogens is 1. The Morgan fingerprint density at radius 1 is 1.50 bits per heavy atom. The quantitative estimate of drug-likeness (QED) is 0.759. The second-order valence-corrected chi connectivity index (χ2v) is 4.56. The summed E-state index contributed by atoms with van der Waals surface area (Å²) in [6, 6.07) is 0. The predicted octanol–water partition coefficient (Wildman–Crippen LogP) is 2.37. The Kier molecular flexibility index (Phi) is 3.49. The number of methoxy groups -OCH3 is 1. The molecule has 0 saturated heterocycles. The van der Waals surface area contributed by atoms with Gasteiger partial charge in [0.25, 0.3) is 0 Å². The van der Waals surface area contributed by atoms with E-state index in [1.807, 2.05) is 7.05 Å². The third kappa shape index (κ3) is 2.21. The second-order valence-electron chi connectivity index (χ2n) is 4.20. The maximum absolute atomic E-state index is 5.96. The minimum Gasteiger partial charge on any atom is -0.490 e. The molecule has 1 aromatic rings. The molecular weight excluding hydrogens is 226 g/mol. The Balaban J connectivity index is 2.14. The van der Waals surface area contributed by atoms with Crippen LogP contribution in [-0.2, 0) is 0 Å². The van der Waals surface area contributed by atoms with Crippen molar-refractivity contribution in [1.29, 1.82) is 0 Å². The van der Waals surface area contributed by atoms with Crippen LogP contribution in [-0.4, -0.2) is 30.7 Å². The number of nitrogens with zero attached hydrogens (tertiary/aromatic N) is 3. The molecular formula is C11H16ClN3O. The van der Waals surface area contributed by atoms with Crippen LogP contribution in [0.4, 0.5) is 5.82 Å². The molecule has 0 atom stereocenters. The van der Waals surface area contributed by atoms with Crippen molar-refractivity contribution in [2.24, 2.45) is 5.92 Å². The number of aromatic nitrogens is 2. The third-order valence-corrected chi connectivity index (χ3v) is 3.33. The van der Waals surface area contributed by atoms with Gasteiger partial charge in [-0.05, 0) is 18.8 Å². The summed E-state index contributed by atoms with van der Waals surface area (Å²) in [5.74, 6) is 2.11. The highest BCUT2D eigenvalue weighted by atomic mass is 35.5. The van der Waals surface area contributed by atoms with Crippen LogP contribution in [0.1, 0.15) is 19.3 Å². The third-order valence-electron chi connectivity index (χ3n) is 3.06. The number of rotatable bonds is 4. The van der Waals surface area contributed by atoms with Gasteiger partial charge in [-0.25, -0.2) is 9.97 Å². The Labute approximate surface area is 101 Å². The molecule has 2 rings (SSSR count). The molecule has 1 aliphatic rings. The van der Waals surface area contributed by atoms with Crippen molar-refractivity contribution in [3.05, 3.63) is 11.5 Å². The molecule has 0 aliphatic heterocycles. The molecule has 1 heterocycles. The van der Waals surface area contributed by atoms with Gasteiger partial charge < -0.3 is 9.64 Å². The Morgan fingerprint density at radius 3 is 2.81 bits per heavy atom. The van der Waals surface area contributed by atoms with Crippen LogP contribution in [0.5, 0.6) is 5.75 Å². The standard InChI is InChI=1S/C11H16ClN3O/c1-15(6-8-4-3-5-8)11-9(16-2)10(12)13-7-14-11/h7-8H,3-6H2,1-2H3. The lowest BCUT2D eigenvalue weighted by Gasteiger charge is -2.31. The van der Waals surface area contributed by atoms with Crippen LogP contribution in [0.25, 0.3) is 0 Å².